The van der Waals surface area contributed by atoms with Crippen LogP contribution < -0.4 is 10.5 Å². The molecule has 6 nitrogen and oxygen atoms in total. The smallest absolute Gasteiger partial charge is 0.342 e. The molecule has 0 bridgehead atoms. The number of nitrogens with one attached hydrogen (secondary N) is 1. The van der Waals surface area contributed by atoms with Gasteiger partial charge in [0.15, 0.2) is 5.65 Å². The minimum absolute atomic E-state index is 0.0383. The van der Waals surface area contributed by atoms with Gasteiger partial charge in [-0.3, -0.25) is 9.78 Å². The second kappa shape index (κ2) is 6.92. The van der Waals surface area contributed by atoms with Gasteiger partial charge < -0.3 is 4.90 Å². The molecule has 0 saturated carbocycles. The second-order valence-electron chi connectivity index (χ2n) is 6.71. The Bertz CT molecular complexity index is 1050. The van der Waals surface area contributed by atoms with Crippen LogP contribution in [0.4, 0.5) is 23.5 Å². The van der Waals surface area contributed by atoms with Crippen molar-refractivity contribution in [1.29, 1.82) is 0 Å². The Balaban J connectivity index is 1.74. The van der Waals surface area contributed by atoms with Crippen molar-refractivity contribution in [2.45, 2.75) is 32.2 Å². The average molecular weight is 395 g/mol. The molecule has 0 unspecified atom stereocenters. The summed E-state index contributed by atoms with van der Waals surface area (Å²) in [5.41, 5.74) is -0.510. The summed E-state index contributed by atoms with van der Waals surface area (Å²) in [6.45, 7) is 0.657. The molecule has 2 aromatic heterocycles. The van der Waals surface area contributed by atoms with Crippen LogP contribution in [0.3, 0.4) is 0 Å². The molecule has 0 aliphatic carbocycles. The zero-order valence-corrected chi connectivity index (χ0v) is 14.8. The molecule has 0 amide bonds. The van der Waals surface area contributed by atoms with Crippen LogP contribution in [0.2, 0.25) is 0 Å². The van der Waals surface area contributed by atoms with Gasteiger partial charge in [-0.1, -0.05) is 12.1 Å². The first-order chi connectivity index (χ1) is 13.4. The SMILES string of the molecule is O=c1[nH]c(N2CCCC2)nc2c1c(CF)nn2Cc1ccc(C(F)(F)F)cc1. The van der Waals surface area contributed by atoms with Crippen LogP contribution >= 0.6 is 0 Å². The number of anilines is 1. The standard InChI is InChI=1S/C18H17F4N5O/c19-9-13-14-15(23-17(24-16(14)28)26-7-1-2-8-26)27(25-13)10-11-3-5-12(6-4-11)18(20,21)22/h3-6H,1-2,7-10H2,(H,23,24,28). The highest BCUT2D eigenvalue weighted by molar-refractivity contribution is 5.78. The van der Waals surface area contributed by atoms with E-state index >= 15 is 0 Å². The van der Waals surface area contributed by atoms with Crippen molar-refractivity contribution in [3.05, 3.63) is 51.4 Å². The van der Waals surface area contributed by atoms with E-state index in [1.807, 2.05) is 4.90 Å². The lowest BCUT2D eigenvalue weighted by Crippen LogP contribution is -2.24. The van der Waals surface area contributed by atoms with Crippen molar-refractivity contribution in [3.8, 4) is 0 Å². The van der Waals surface area contributed by atoms with Gasteiger partial charge in [0.05, 0.1) is 12.1 Å². The molecule has 4 rings (SSSR count). The van der Waals surface area contributed by atoms with Crippen molar-refractivity contribution in [2.24, 2.45) is 0 Å². The number of halogens is 4. The fourth-order valence-electron chi connectivity index (χ4n) is 3.39. The third kappa shape index (κ3) is 3.34. The van der Waals surface area contributed by atoms with Crippen LogP contribution in [0.15, 0.2) is 29.1 Å². The van der Waals surface area contributed by atoms with Crippen molar-refractivity contribution < 1.29 is 17.6 Å². The van der Waals surface area contributed by atoms with Gasteiger partial charge in [-0.25, -0.2) is 9.07 Å². The Morgan fingerprint density at radius 2 is 1.79 bits per heavy atom. The van der Waals surface area contributed by atoms with Crippen molar-refractivity contribution in [1.82, 2.24) is 19.7 Å². The van der Waals surface area contributed by atoms with Gasteiger partial charge >= 0.3 is 6.18 Å². The monoisotopic (exact) mass is 395 g/mol. The zero-order chi connectivity index (χ0) is 19.9. The molecular formula is C18H17F4N5O. The number of hydrogen-bond donors (Lipinski definition) is 1. The minimum Gasteiger partial charge on any atom is -0.342 e. The van der Waals surface area contributed by atoms with E-state index in [1.165, 1.54) is 16.8 Å². The predicted molar refractivity (Wildman–Crippen MR) is 95.0 cm³/mol. The fraction of sp³-hybridized carbons (Fsp3) is 0.389. The zero-order valence-electron chi connectivity index (χ0n) is 14.8. The first kappa shape index (κ1) is 18.5. The predicted octanol–water partition coefficient (Wildman–Crippen LogP) is 3.26. The Kier molecular flexibility index (Phi) is 4.56. The molecule has 1 N–H and O–H groups in total. The Hall–Kier alpha value is -2.91. The second-order valence-corrected chi connectivity index (χ2v) is 6.71. The third-order valence-corrected chi connectivity index (χ3v) is 4.81. The number of benzene rings is 1. The van der Waals surface area contributed by atoms with Gasteiger partial charge in [0.2, 0.25) is 5.95 Å². The maximum Gasteiger partial charge on any atom is 0.416 e. The van der Waals surface area contributed by atoms with Crippen LogP contribution in [0, 0.1) is 0 Å². The summed E-state index contributed by atoms with van der Waals surface area (Å²) < 4.78 is 52.9. The molecule has 1 saturated heterocycles. The van der Waals surface area contributed by atoms with E-state index < -0.39 is 24.0 Å². The summed E-state index contributed by atoms with van der Waals surface area (Å²) in [5.74, 6) is 0.397. The Labute approximate surface area is 156 Å². The molecule has 1 aliphatic heterocycles. The van der Waals surface area contributed by atoms with Crippen LogP contribution in [0.25, 0.3) is 11.0 Å². The molecular weight excluding hydrogens is 378 g/mol. The van der Waals surface area contributed by atoms with Gasteiger partial charge in [-0.15, -0.1) is 0 Å². The molecule has 3 aromatic rings. The van der Waals surface area contributed by atoms with E-state index in [0.717, 1.165) is 38.1 Å². The van der Waals surface area contributed by atoms with E-state index in [2.05, 4.69) is 15.1 Å². The summed E-state index contributed by atoms with van der Waals surface area (Å²) in [5, 5.41) is 4.19. The van der Waals surface area contributed by atoms with Gasteiger partial charge in [0.1, 0.15) is 17.8 Å². The van der Waals surface area contributed by atoms with Crippen molar-refractivity contribution >= 4 is 17.0 Å². The molecule has 1 aromatic carbocycles. The number of H-pyrrole nitrogens is 1. The number of aromatic amines is 1. The van der Waals surface area contributed by atoms with E-state index in [9.17, 15) is 22.4 Å². The number of hydrogen-bond acceptors (Lipinski definition) is 4. The molecule has 1 aliphatic rings. The summed E-state index contributed by atoms with van der Waals surface area (Å²) >= 11 is 0. The first-order valence-electron chi connectivity index (χ1n) is 8.83. The summed E-state index contributed by atoms with van der Waals surface area (Å²) in [7, 11) is 0. The highest BCUT2D eigenvalue weighted by Crippen LogP contribution is 2.29. The molecule has 10 heteroatoms. The minimum atomic E-state index is -4.42. The molecule has 0 atom stereocenters. The van der Waals surface area contributed by atoms with E-state index in [-0.39, 0.29) is 23.3 Å². The topological polar surface area (TPSA) is 66.8 Å². The first-order valence-corrected chi connectivity index (χ1v) is 8.83. The van der Waals surface area contributed by atoms with Crippen LogP contribution in [0.1, 0.15) is 29.7 Å². The normalized spacial score (nSPS) is 14.9. The maximum atomic E-state index is 13.4. The molecule has 3 heterocycles. The number of aromatic nitrogens is 4. The molecule has 0 radical (unpaired) electrons. The van der Waals surface area contributed by atoms with Gasteiger partial charge in [-0.2, -0.15) is 23.3 Å². The van der Waals surface area contributed by atoms with E-state index in [0.29, 0.717) is 11.5 Å². The molecule has 1 fully saturated rings. The maximum absolute atomic E-state index is 13.4. The van der Waals surface area contributed by atoms with Crippen LogP contribution in [-0.4, -0.2) is 32.8 Å². The van der Waals surface area contributed by atoms with E-state index in [1.54, 1.807) is 0 Å². The fourth-order valence-corrected chi connectivity index (χ4v) is 3.39. The summed E-state index contributed by atoms with van der Waals surface area (Å²) in [6, 6.07) is 4.62. The van der Waals surface area contributed by atoms with Gasteiger partial charge in [-0.05, 0) is 30.5 Å². The summed E-state index contributed by atoms with van der Waals surface area (Å²) in [4.78, 5) is 21.6. The Morgan fingerprint density at radius 1 is 1.11 bits per heavy atom. The highest BCUT2D eigenvalue weighted by Gasteiger charge is 2.30. The number of nitrogens with zero attached hydrogens (tertiary/aromatic N) is 4. The lowest BCUT2D eigenvalue weighted by molar-refractivity contribution is -0.137. The number of rotatable bonds is 4. The number of fused-ring (bicyclic) bond motifs is 1. The molecule has 28 heavy (non-hydrogen) atoms. The van der Waals surface area contributed by atoms with Crippen molar-refractivity contribution in [2.75, 3.05) is 18.0 Å². The van der Waals surface area contributed by atoms with Gasteiger partial charge in [0.25, 0.3) is 5.56 Å². The van der Waals surface area contributed by atoms with Crippen LogP contribution in [0.5, 0.6) is 0 Å². The molecule has 148 valence electrons. The largest absolute Gasteiger partial charge is 0.416 e. The molecule has 0 spiro atoms. The summed E-state index contributed by atoms with van der Waals surface area (Å²) in [6.07, 6.45) is -2.44. The highest BCUT2D eigenvalue weighted by atomic mass is 19.4. The third-order valence-electron chi connectivity index (χ3n) is 4.81. The number of alkyl halides is 4. The average Bonchev–Trinajstić information content (AvgIpc) is 3.30. The van der Waals surface area contributed by atoms with Crippen molar-refractivity contribution in [3.63, 3.8) is 0 Å². The van der Waals surface area contributed by atoms with E-state index in [4.69, 9.17) is 0 Å². The quantitative estimate of drug-likeness (QED) is 0.689. The lowest BCUT2D eigenvalue weighted by Gasteiger charge is -2.15. The van der Waals surface area contributed by atoms with Gasteiger partial charge in [0, 0.05) is 13.1 Å². The van der Waals surface area contributed by atoms with Crippen LogP contribution in [-0.2, 0) is 19.4 Å². The Morgan fingerprint density at radius 3 is 2.39 bits per heavy atom. The lowest BCUT2D eigenvalue weighted by atomic mass is 10.1.